The molecule has 0 radical (unpaired) electrons. The van der Waals surface area contributed by atoms with Crippen LogP contribution >= 0.6 is 23.4 Å². The molecule has 0 spiro atoms. The van der Waals surface area contributed by atoms with Crippen molar-refractivity contribution in [3.05, 3.63) is 34.9 Å². The Bertz CT molecular complexity index is 342. The van der Waals surface area contributed by atoms with Crippen molar-refractivity contribution in [1.29, 1.82) is 0 Å². The first-order chi connectivity index (χ1) is 7.77. The quantitative estimate of drug-likeness (QED) is 0.903. The van der Waals surface area contributed by atoms with Crippen LogP contribution in [0.2, 0.25) is 5.02 Å². The minimum atomic E-state index is 0.0349. The molecule has 1 saturated heterocycles. The molecule has 2 N–H and O–H groups in total. The maximum absolute atomic E-state index is 6.15. The van der Waals surface area contributed by atoms with Crippen molar-refractivity contribution in [1.82, 2.24) is 0 Å². The average molecular weight is 258 g/mol. The molecule has 0 saturated carbocycles. The molecule has 0 aliphatic carbocycles. The topological polar surface area (TPSA) is 35.2 Å². The molecule has 2 unspecified atom stereocenters. The van der Waals surface area contributed by atoms with Crippen LogP contribution in [0.4, 0.5) is 0 Å². The Balaban J connectivity index is 1.96. The zero-order chi connectivity index (χ0) is 11.4. The zero-order valence-corrected chi connectivity index (χ0v) is 10.6. The molecule has 2 nitrogen and oxygen atoms in total. The summed E-state index contributed by atoms with van der Waals surface area (Å²) in [5, 5.41) is 0.793. The highest BCUT2D eigenvalue weighted by Gasteiger charge is 2.22. The van der Waals surface area contributed by atoms with Crippen molar-refractivity contribution in [2.24, 2.45) is 5.73 Å². The number of halogens is 1. The molecule has 1 aromatic rings. The minimum Gasteiger partial charge on any atom is -0.375 e. The van der Waals surface area contributed by atoms with E-state index in [1.165, 1.54) is 0 Å². The van der Waals surface area contributed by atoms with E-state index in [1.54, 1.807) is 0 Å². The predicted molar refractivity (Wildman–Crippen MR) is 70.2 cm³/mol. The molecule has 0 bridgehead atoms. The first-order valence-corrected chi connectivity index (χ1v) is 6.99. The molecule has 88 valence electrons. The minimum absolute atomic E-state index is 0.0349. The van der Waals surface area contributed by atoms with E-state index in [9.17, 15) is 0 Å². The van der Waals surface area contributed by atoms with E-state index < -0.39 is 0 Å². The number of ether oxygens (including phenoxy) is 1. The summed E-state index contributed by atoms with van der Waals surface area (Å²) in [6.45, 7) is 0.811. The van der Waals surface area contributed by atoms with Gasteiger partial charge in [0, 0.05) is 22.6 Å². The van der Waals surface area contributed by atoms with Gasteiger partial charge in [0.15, 0.2) is 0 Å². The van der Waals surface area contributed by atoms with Gasteiger partial charge in [-0.2, -0.15) is 11.8 Å². The van der Waals surface area contributed by atoms with Gasteiger partial charge < -0.3 is 10.5 Å². The number of benzene rings is 1. The summed E-state index contributed by atoms with van der Waals surface area (Å²) < 4.78 is 5.66. The van der Waals surface area contributed by atoms with E-state index in [4.69, 9.17) is 22.1 Å². The van der Waals surface area contributed by atoms with Gasteiger partial charge in [-0.15, -0.1) is 0 Å². The first-order valence-electron chi connectivity index (χ1n) is 5.45. The van der Waals surface area contributed by atoms with Crippen LogP contribution in [-0.2, 0) is 11.2 Å². The molecule has 4 heteroatoms. The van der Waals surface area contributed by atoms with Gasteiger partial charge in [0.1, 0.15) is 0 Å². The molecule has 1 aliphatic rings. The van der Waals surface area contributed by atoms with Gasteiger partial charge in [-0.1, -0.05) is 29.8 Å². The lowest BCUT2D eigenvalue weighted by Gasteiger charge is -2.27. The maximum atomic E-state index is 6.15. The van der Waals surface area contributed by atoms with Crippen LogP contribution in [0.5, 0.6) is 0 Å². The molecular formula is C12H16ClNOS. The Morgan fingerprint density at radius 2 is 2.31 bits per heavy atom. The van der Waals surface area contributed by atoms with E-state index in [-0.39, 0.29) is 12.1 Å². The van der Waals surface area contributed by atoms with Crippen molar-refractivity contribution in [3.8, 4) is 0 Å². The molecule has 0 amide bonds. The Kier molecular flexibility index (Phi) is 4.53. The SMILES string of the molecule is NC(Cc1ccccc1Cl)C1CSCCO1. The number of thioether (sulfide) groups is 1. The van der Waals surface area contributed by atoms with E-state index in [0.717, 1.165) is 35.1 Å². The van der Waals surface area contributed by atoms with Gasteiger partial charge in [0.05, 0.1) is 12.7 Å². The van der Waals surface area contributed by atoms with E-state index in [0.29, 0.717) is 0 Å². The van der Waals surface area contributed by atoms with E-state index in [1.807, 2.05) is 36.0 Å². The van der Waals surface area contributed by atoms with Crippen LogP contribution in [-0.4, -0.2) is 30.3 Å². The molecule has 16 heavy (non-hydrogen) atoms. The fourth-order valence-corrected chi connectivity index (χ4v) is 2.97. The smallest absolute Gasteiger partial charge is 0.0819 e. The second-order valence-electron chi connectivity index (χ2n) is 3.94. The zero-order valence-electron chi connectivity index (χ0n) is 9.06. The molecule has 2 atom stereocenters. The van der Waals surface area contributed by atoms with Crippen LogP contribution in [0.3, 0.4) is 0 Å². The van der Waals surface area contributed by atoms with Gasteiger partial charge in [0.2, 0.25) is 0 Å². The summed E-state index contributed by atoms with van der Waals surface area (Å²) in [7, 11) is 0. The van der Waals surface area contributed by atoms with Gasteiger partial charge >= 0.3 is 0 Å². The normalized spacial score (nSPS) is 23.0. The van der Waals surface area contributed by atoms with Crippen LogP contribution in [0.25, 0.3) is 0 Å². The van der Waals surface area contributed by atoms with E-state index >= 15 is 0 Å². The molecular weight excluding hydrogens is 242 g/mol. The van der Waals surface area contributed by atoms with Crippen LogP contribution in [0.1, 0.15) is 5.56 Å². The van der Waals surface area contributed by atoms with Crippen molar-refractivity contribution in [3.63, 3.8) is 0 Å². The van der Waals surface area contributed by atoms with Crippen LogP contribution in [0, 0.1) is 0 Å². The lowest BCUT2D eigenvalue weighted by atomic mass is 10.0. The summed E-state index contributed by atoms with van der Waals surface area (Å²) in [4.78, 5) is 0. The highest BCUT2D eigenvalue weighted by atomic mass is 35.5. The number of hydrogen-bond acceptors (Lipinski definition) is 3. The van der Waals surface area contributed by atoms with Crippen molar-refractivity contribution < 1.29 is 4.74 Å². The molecule has 2 rings (SSSR count). The Labute approximate surface area is 105 Å². The third kappa shape index (κ3) is 3.14. The summed E-state index contributed by atoms with van der Waals surface area (Å²) in [5.41, 5.74) is 7.26. The summed E-state index contributed by atoms with van der Waals surface area (Å²) in [6, 6.07) is 7.89. The van der Waals surface area contributed by atoms with Gasteiger partial charge in [-0.05, 0) is 18.1 Å². The Hall–Kier alpha value is -0.220. The lowest BCUT2D eigenvalue weighted by molar-refractivity contribution is 0.0572. The van der Waals surface area contributed by atoms with Crippen molar-refractivity contribution in [2.75, 3.05) is 18.1 Å². The fourth-order valence-electron chi connectivity index (χ4n) is 1.80. The number of rotatable bonds is 3. The van der Waals surface area contributed by atoms with Crippen molar-refractivity contribution >= 4 is 23.4 Å². The second-order valence-corrected chi connectivity index (χ2v) is 5.50. The molecule has 1 heterocycles. The predicted octanol–water partition coefficient (Wildman–Crippen LogP) is 2.34. The maximum Gasteiger partial charge on any atom is 0.0819 e. The molecule has 1 aliphatic heterocycles. The highest BCUT2D eigenvalue weighted by Crippen LogP contribution is 2.20. The van der Waals surface area contributed by atoms with Gasteiger partial charge in [-0.25, -0.2) is 0 Å². The van der Waals surface area contributed by atoms with Crippen LogP contribution < -0.4 is 5.73 Å². The fraction of sp³-hybridized carbons (Fsp3) is 0.500. The Morgan fingerprint density at radius 3 is 3.00 bits per heavy atom. The van der Waals surface area contributed by atoms with E-state index in [2.05, 4.69) is 0 Å². The summed E-state index contributed by atoms with van der Waals surface area (Å²) >= 11 is 8.01. The highest BCUT2D eigenvalue weighted by molar-refractivity contribution is 7.99. The summed E-state index contributed by atoms with van der Waals surface area (Å²) in [6.07, 6.45) is 0.945. The van der Waals surface area contributed by atoms with Gasteiger partial charge in [0.25, 0.3) is 0 Å². The average Bonchev–Trinajstić information content (AvgIpc) is 2.33. The first kappa shape index (κ1) is 12.2. The monoisotopic (exact) mass is 257 g/mol. The largest absolute Gasteiger partial charge is 0.375 e. The summed E-state index contributed by atoms with van der Waals surface area (Å²) in [5.74, 6) is 2.07. The Morgan fingerprint density at radius 1 is 1.50 bits per heavy atom. The van der Waals surface area contributed by atoms with Crippen LogP contribution in [0.15, 0.2) is 24.3 Å². The standard InChI is InChI=1S/C12H16ClNOS/c13-10-4-2-1-3-9(10)7-11(14)12-8-16-6-5-15-12/h1-4,11-12H,5-8,14H2. The third-order valence-corrected chi connectivity index (χ3v) is 4.12. The molecule has 1 aromatic carbocycles. The lowest BCUT2D eigenvalue weighted by Crippen LogP contribution is -2.42. The number of hydrogen-bond donors (Lipinski definition) is 1. The van der Waals surface area contributed by atoms with Gasteiger partial charge in [-0.3, -0.25) is 0 Å². The molecule has 1 fully saturated rings. The second kappa shape index (κ2) is 5.92. The number of nitrogens with two attached hydrogens (primary N) is 1. The third-order valence-electron chi connectivity index (χ3n) is 2.73. The molecule has 0 aromatic heterocycles. The van der Waals surface area contributed by atoms with Crippen molar-refractivity contribution in [2.45, 2.75) is 18.6 Å².